The van der Waals surface area contributed by atoms with Gasteiger partial charge in [0.05, 0.1) is 5.70 Å². The summed E-state index contributed by atoms with van der Waals surface area (Å²) in [6, 6.07) is 8.74. The highest BCUT2D eigenvalue weighted by Gasteiger charge is 2.36. The van der Waals surface area contributed by atoms with E-state index in [0.717, 1.165) is 0 Å². The van der Waals surface area contributed by atoms with Gasteiger partial charge in [0, 0.05) is 23.4 Å². The monoisotopic (exact) mass is 255 g/mol. The Bertz CT molecular complexity index is 812. The van der Waals surface area contributed by atoms with Crippen LogP contribution in [0.5, 0.6) is 0 Å². The molecule has 1 unspecified atom stereocenters. The second-order valence-corrected chi connectivity index (χ2v) is 5.46. The summed E-state index contributed by atoms with van der Waals surface area (Å²) in [4.78, 5) is 2.32. The number of allylic oxidation sites excluding steroid dienone is 9. The Labute approximate surface area is 118 Å². The van der Waals surface area contributed by atoms with Gasteiger partial charge in [-0.1, -0.05) is 48.6 Å². The van der Waals surface area contributed by atoms with Crippen molar-refractivity contribution in [3.8, 4) is 0 Å². The summed E-state index contributed by atoms with van der Waals surface area (Å²) in [5, 5.41) is 0. The van der Waals surface area contributed by atoms with Gasteiger partial charge in [-0.3, -0.25) is 0 Å². The third-order valence-corrected chi connectivity index (χ3v) is 4.41. The number of hydrogen-bond acceptors (Lipinski definition) is 1. The molecule has 1 atom stereocenters. The SMILES string of the molecule is C1=CC2=CC3C=CC=C4C3=C(c3ccccc34)N2C=C1. The van der Waals surface area contributed by atoms with Crippen molar-refractivity contribution in [2.75, 3.05) is 0 Å². The van der Waals surface area contributed by atoms with Gasteiger partial charge in [0.1, 0.15) is 0 Å². The molecule has 2 aliphatic heterocycles. The minimum absolute atomic E-state index is 0.403. The molecule has 0 radical (unpaired) electrons. The number of fused-ring (bicyclic) bond motifs is 5. The first-order valence-corrected chi connectivity index (χ1v) is 7.02. The van der Waals surface area contributed by atoms with Crippen LogP contribution in [0.2, 0.25) is 0 Å². The predicted molar refractivity (Wildman–Crippen MR) is 82.2 cm³/mol. The first-order valence-electron chi connectivity index (χ1n) is 7.02. The zero-order chi connectivity index (χ0) is 13.1. The summed E-state index contributed by atoms with van der Waals surface area (Å²) in [5.41, 5.74) is 8.20. The molecular weight excluding hydrogens is 242 g/mol. The fourth-order valence-corrected chi connectivity index (χ4v) is 3.61. The molecule has 0 aromatic heterocycles. The summed E-state index contributed by atoms with van der Waals surface area (Å²) in [6.07, 6.45) is 17.7. The molecule has 0 fully saturated rings. The molecule has 0 spiro atoms. The molecule has 94 valence electrons. The van der Waals surface area contributed by atoms with Gasteiger partial charge < -0.3 is 4.90 Å². The second-order valence-electron chi connectivity index (χ2n) is 5.46. The van der Waals surface area contributed by atoms with E-state index < -0.39 is 0 Å². The zero-order valence-corrected chi connectivity index (χ0v) is 11.0. The van der Waals surface area contributed by atoms with Crippen molar-refractivity contribution in [3.05, 3.63) is 95.4 Å². The van der Waals surface area contributed by atoms with E-state index in [0.29, 0.717) is 5.92 Å². The minimum atomic E-state index is 0.403. The molecule has 0 amide bonds. The van der Waals surface area contributed by atoms with E-state index in [1.54, 1.807) is 0 Å². The molecule has 4 aliphatic rings. The molecule has 20 heavy (non-hydrogen) atoms. The first kappa shape index (κ1) is 10.3. The van der Waals surface area contributed by atoms with Crippen LogP contribution in [-0.2, 0) is 0 Å². The average molecular weight is 255 g/mol. The molecule has 1 aromatic rings. The molecule has 0 saturated carbocycles. The van der Waals surface area contributed by atoms with Gasteiger partial charge in [0.15, 0.2) is 0 Å². The maximum atomic E-state index is 2.36. The topological polar surface area (TPSA) is 3.24 Å². The lowest BCUT2D eigenvalue weighted by atomic mass is 9.85. The molecular formula is C19H13N. The van der Waals surface area contributed by atoms with Gasteiger partial charge in [-0.2, -0.15) is 0 Å². The third-order valence-electron chi connectivity index (χ3n) is 4.41. The van der Waals surface area contributed by atoms with Crippen LogP contribution in [0.15, 0.2) is 84.3 Å². The van der Waals surface area contributed by atoms with Crippen LogP contribution in [0.25, 0.3) is 11.3 Å². The van der Waals surface area contributed by atoms with E-state index in [2.05, 4.69) is 77.9 Å². The van der Waals surface area contributed by atoms with Crippen molar-refractivity contribution in [2.24, 2.45) is 5.92 Å². The standard InChI is InChI=1S/C19H13N/c1-2-9-17-15(8-1)16-10-5-6-13-12-14-7-3-4-11-20(14)19(17)18(13)16/h1-13H. The van der Waals surface area contributed by atoms with Crippen molar-refractivity contribution in [2.45, 2.75) is 0 Å². The van der Waals surface area contributed by atoms with E-state index in [1.165, 1.54) is 33.7 Å². The number of nitrogens with zero attached hydrogens (tertiary/aromatic N) is 1. The first-order chi connectivity index (χ1) is 9.93. The lowest BCUT2D eigenvalue weighted by Gasteiger charge is -2.33. The fraction of sp³-hybridized carbons (Fsp3) is 0.0526. The van der Waals surface area contributed by atoms with Crippen molar-refractivity contribution >= 4 is 11.3 Å². The van der Waals surface area contributed by atoms with Crippen molar-refractivity contribution in [3.63, 3.8) is 0 Å². The summed E-state index contributed by atoms with van der Waals surface area (Å²) >= 11 is 0. The Morgan fingerprint density at radius 1 is 0.950 bits per heavy atom. The van der Waals surface area contributed by atoms with Crippen LogP contribution < -0.4 is 0 Å². The fourth-order valence-electron chi connectivity index (χ4n) is 3.61. The van der Waals surface area contributed by atoms with E-state index in [-0.39, 0.29) is 0 Å². The van der Waals surface area contributed by atoms with Crippen molar-refractivity contribution < 1.29 is 0 Å². The summed E-state index contributed by atoms with van der Waals surface area (Å²) < 4.78 is 0. The molecule has 1 heteroatoms. The van der Waals surface area contributed by atoms with Crippen LogP contribution in [0, 0.1) is 5.92 Å². The van der Waals surface area contributed by atoms with Crippen LogP contribution >= 0.6 is 0 Å². The zero-order valence-electron chi connectivity index (χ0n) is 11.0. The molecule has 5 rings (SSSR count). The van der Waals surface area contributed by atoms with E-state index >= 15 is 0 Å². The Morgan fingerprint density at radius 3 is 2.80 bits per heavy atom. The molecule has 1 aromatic carbocycles. The largest absolute Gasteiger partial charge is 0.317 e. The van der Waals surface area contributed by atoms with Crippen LogP contribution in [0.3, 0.4) is 0 Å². The molecule has 2 heterocycles. The Balaban J connectivity index is 1.85. The average Bonchev–Trinajstić information content (AvgIpc) is 2.85. The molecule has 2 aliphatic carbocycles. The van der Waals surface area contributed by atoms with Gasteiger partial charge >= 0.3 is 0 Å². The molecule has 0 bridgehead atoms. The second kappa shape index (κ2) is 3.51. The van der Waals surface area contributed by atoms with Gasteiger partial charge in [-0.15, -0.1) is 0 Å². The van der Waals surface area contributed by atoms with Gasteiger partial charge in [-0.25, -0.2) is 0 Å². The van der Waals surface area contributed by atoms with Crippen LogP contribution in [-0.4, -0.2) is 4.90 Å². The van der Waals surface area contributed by atoms with Crippen molar-refractivity contribution in [1.29, 1.82) is 0 Å². The minimum Gasteiger partial charge on any atom is -0.317 e. The van der Waals surface area contributed by atoms with Gasteiger partial charge in [-0.05, 0) is 34.9 Å². The molecule has 0 saturated heterocycles. The molecule has 0 N–H and O–H groups in total. The van der Waals surface area contributed by atoms with Crippen LogP contribution in [0.1, 0.15) is 11.1 Å². The van der Waals surface area contributed by atoms with Crippen LogP contribution in [0.4, 0.5) is 0 Å². The summed E-state index contributed by atoms with van der Waals surface area (Å²) in [7, 11) is 0. The van der Waals surface area contributed by atoms with Gasteiger partial charge in [0.25, 0.3) is 0 Å². The summed E-state index contributed by atoms with van der Waals surface area (Å²) in [6.45, 7) is 0. The number of rotatable bonds is 0. The van der Waals surface area contributed by atoms with Crippen molar-refractivity contribution in [1.82, 2.24) is 4.90 Å². The highest BCUT2D eigenvalue weighted by Crippen LogP contribution is 2.52. The number of hydrogen-bond donors (Lipinski definition) is 0. The Morgan fingerprint density at radius 2 is 1.85 bits per heavy atom. The summed E-state index contributed by atoms with van der Waals surface area (Å²) in [5.74, 6) is 0.403. The Kier molecular flexibility index (Phi) is 1.80. The highest BCUT2D eigenvalue weighted by atomic mass is 15.1. The van der Waals surface area contributed by atoms with E-state index in [4.69, 9.17) is 0 Å². The van der Waals surface area contributed by atoms with E-state index in [1.807, 2.05) is 0 Å². The predicted octanol–water partition coefficient (Wildman–Crippen LogP) is 4.26. The normalized spacial score (nSPS) is 24.2. The number of benzene rings is 1. The maximum Gasteiger partial charge on any atom is 0.0581 e. The Hall–Kier alpha value is -2.54. The lowest BCUT2D eigenvalue weighted by molar-refractivity contribution is 0.641. The maximum absolute atomic E-state index is 2.36. The van der Waals surface area contributed by atoms with E-state index in [9.17, 15) is 0 Å². The van der Waals surface area contributed by atoms with Gasteiger partial charge in [0.2, 0.25) is 0 Å². The smallest absolute Gasteiger partial charge is 0.0581 e. The quantitative estimate of drug-likeness (QED) is 0.669. The lowest BCUT2D eigenvalue weighted by Crippen LogP contribution is -2.22. The molecule has 1 nitrogen and oxygen atoms in total. The highest BCUT2D eigenvalue weighted by molar-refractivity contribution is 6.02. The third kappa shape index (κ3) is 1.13.